The number of hydrogen-bond acceptors (Lipinski definition) is 2. The maximum atomic E-state index is 8.77. The zero-order valence-corrected chi connectivity index (χ0v) is 10.9. The Morgan fingerprint density at radius 3 is 2.75 bits per heavy atom. The molecule has 0 spiro atoms. The lowest BCUT2D eigenvalue weighted by molar-refractivity contribution is 0.119. The molecule has 1 aromatic carbocycles. The topological polar surface area (TPSA) is 29.5 Å². The number of rotatable bonds is 5. The molecule has 1 aromatic rings. The van der Waals surface area contributed by atoms with Gasteiger partial charge in [0.05, 0.1) is 10.6 Å². The van der Waals surface area contributed by atoms with E-state index in [2.05, 4.69) is 28.1 Å². The minimum Gasteiger partial charge on any atom is -0.489 e. The first-order chi connectivity index (χ1) is 7.79. The van der Waals surface area contributed by atoms with Gasteiger partial charge in [-0.3, -0.25) is 0 Å². The van der Waals surface area contributed by atoms with Crippen LogP contribution >= 0.6 is 15.9 Å². The van der Waals surface area contributed by atoms with Crippen molar-refractivity contribution in [2.45, 2.75) is 38.2 Å². The van der Waals surface area contributed by atoms with Gasteiger partial charge in [0, 0.05) is 6.61 Å². The largest absolute Gasteiger partial charge is 0.489 e. The van der Waals surface area contributed by atoms with E-state index in [1.54, 1.807) is 0 Å². The molecule has 0 amide bonds. The second-order valence-electron chi connectivity index (χ2n) is 4.26. The number of aliphatic hydroxyl groups is 1. The van der Waals surface area contributed by atoms with Crippen molar-refractivity contribution in [2.24, 2.45) is 0 Å². The van der Waals surface area contributed by atoms with Crippen molar-refractivity contribution in [3.63, 3.8) is 0 Å². The first kappa shape index (κ1) is 11.9. The van der Waals surface area contributed by atoms with Crippen LogP contribution in [0.1, 0.15) is 31.2 Å². The first-order valence-electron chi connectivity index (χ1n) is 5.85. The summed E-state index contributed by atoms with van der Waals surface area (Å²) in [6.45, 7) is 0.248. The van der Waals surface area contributed by atoms with Crippen LogP contribution in [0.25, 0.3) is 0 Å². The molecule has 1 N–H and O–H groups in total. The molecule has 0 atom stereocenters. The van der Waals surface area contributed by atoms with Gasteiger partial charge in [0.25, 0.3) is 0 Å². The van der Waals surface area contributed by atoms with Crippen molar-refractivity contribution in [3.8, 4) is 5.75 Å². The van der Waals surface area contributed by atoms with E-state index in [9.17, 15) is 0 Å². The number of benzene rings is 1. The fourth-order valence-electron chi connectivity index (χ4n) is 1.75. The minimum absolute atomic E-state index is 0.248. The smallest absolute Gasteiger partial charge is 0.133 e. The predicted octanol–water partition coefficient (Wildman–Crippen LogP) is 3.31. The second-order valence-corrected chi connectivity index (χ2v) is 5.12. The quantitative estimate of drug-likeness (QED) is 0.899. The number of ether oxygens (including phenoxy) is 1. The van der Waals surface area contributed by atoms with Gasteiger partial charge in [0.1, 0.15) is 5.75 Å². The molecule has 0 bridgehead atoms. The van der Waals surface area contributed by atoms with E-state index in [4.69, 9.17) is 9.84 Å². The molecule has 0 heterocycles. The molecule has 1 saturated carbocycles. The standard InChI is InChI=1S/C13H17BrO2/c14-12-9-10(3-2-8-15)6-7-13(12)16-11-4-1-5-11/h6-7,9,11,15H,1-5,8H2. The summed E-state index contributed by atoms with van der Waals surface area (Å²) >= 11 is 3.53. The minimum atomic E-state index is 0.248. The Balaban J connectivity index is 1.97. The van der Waals surface area contributed by atoms with Gasteiger partial charge in [-0.2, -0.15) is 0 Å². The molecule has 88 valence electrons. The lowest BCUT2D eigenvalue weighted by Gasteiger charge is -2.27. The third-order valence-electron chi connectivity index (χ3n) is 2.97. The van der Waals surface area contributed by atoms with E-state index in [1.807, 2.05) is 6.07 Å². The van der Waals surface area contributed by atoms with Gasteiger partial charge in [0.2, 0.25) is 0 Å². The van der Waals surface area contributed by atoms with Gasteiger partial charge in [-0.05, 0) is 65.7 Å². The van der Waals surface area contributed by atoms with Crippen molar-refractivity contribution >= 4 is 15.9 Å². The van der Waals surface area contributed by atoms with Gasteiger partial charge in [-0.25, -0.2) is 0 Å². The molecule has 1 fully saturated rings. The molecule has 2 nitrogen and oxygen atoms in total. The van der Waals surface area contributed by atoms with E-state index in [1.165, 1.54) is 24.8 Å². The highest BCUT2D eigenvalue weighted by molar-refractivity contribution is 9.10. The zero-order chi connectivity index (χ0) is 11.4. The maximum absolute atomic E-state index is 8.77. The molecule has 1 aliphatic rings. The lowest BCUT2D eigenvalue weighted by atomic mass is 9.96. The van der Waals surface area contributed by atoms with E-state index < -0.39 is 0 Å². The number of hydrogen-bond donors (Lipinski definition) is 1. The van der Waals surface area contributed by atoms with Crippen LogP contribution in [0.4, 0.5) is 0 Å². The van der Waals surface area contributed by atoms with Crippen molar-refractivity contribution in [1.82, 2.24) is 0 Å². The molecule has 0 radical (unpaired) electrons. The third kappa shape index (κ3) is 2.98. The average molecular weight is 285 g/mol. The van der Waals surface area contributed by atoms with Crippen LogP contribution in [0.5, 0.6) is 5.75 Å². The highest BCUT2D eigenvalue weighted by Gasteiger charge is 2.19. The van der Waals surface area contributed by atoms with Gasteiger partial charge in [-0.1, -0.05) is 6.07 Å². The maximum Gasteiger partial charge on any atom is 0.133 e. The Hall–Kier alpha value is -0.540. The van der Waals surface area contributed by atoms with Gasteiger partial charge < -0.3 is 9.84 Å². The molecule has 16 heavy (non-hydrogen) atoms. The Kier molecular flexibility index (Phi) is 4.24. The summed E-state index contributed by atoms with van der Waals surface area (Å²) in [6.07, 6.45) is 5.79. The van der Waals surface area contributed by atoms with Gasteiger partial charge in [0.15, 0.2) is 0 Å². The Morgan fingerprint density at radius 1 is 1.38 bits per heavy atom. The predicted molar refractivity (Wildman–Crippen MR) is 67.8 cm³/mol. The van der Waals surface area contributed by atoms with Crippen LogP contribution in [-0.2, 0) is 6.42 Å². The average Bonchev–Trinajstić information content (AvgIpc) is 2.22. The fourth-order valence-corrected chi connectivity index (χ4v) is 2.27. The van der Waals surface area contributed by atoms with Crippen LogP contribution < -0.4 is 4.74 Å². The molecular weight excluding hydrogens is 268 g/mol. The molecule has 2 rings (SSSR count). The van der Waals surface area contributed by atoms with E-state index in [-0.39, 0.29) is 6.61 Å². The second kappa shape index (κ2) is 5.69. The van der Waals surface area contributed by atoms with Crippen molar-refractivity contribution in [1.29, 1.82) is 0 Å². The van der Waals surface area contributed by atoms with Crippen molar-refractivity contribution in [3.05, 3.63) is 28.2 Å². The van der Waals surface area contributed by atoms with E-state index in [0.29, 0.717) is 6.10 Å². The van der Waals surface area contributed by atoms with Crippen LogP contribution in [0.2, 0.25) is 0 Å². The highest BCUT2D eigenvalue weighted by Crippen LogP contribution is 2.31. The molecular formula is C13H17BrO2. The molecule has 0 unspecified atom stereocenters. The molecule has 3 heteroatoms. The van der Waals surface area contributed by atoms with Crippen molar-refractivity contribution < 1.29 is 9.84 Å². The van der Waals surface area contributed by atoms with Gasteiger partial charge >= 0.3 is 0 Å². The van der Waals surface area contributed by atoms with E-state index in [0.717, 1.165) is 23.1 Å². The van der Waals surface area contributed by atoms with Crippen LogP contribution in [-0.4, -0.2) is 17.8 Å². The molecule has 0 saturated heterocycles. The summed E-state index contributed by atoms with van der Waals surface area (Å²) in [5.41, 5.74) is 1.24. The normalized spacial score (nSPS) is 15.9. The SMILES string of the molecule is OCCCc1ccc(OC2CCC2)c(Br)c1. The van der Waals surface area contributed by atoms with Crippen LogP contribution in [0, 0.1) is 0 Å². The molecule has 0 aromatic heterocycles. The summed E-state index contributed by atoms with van der Waals surface area (Å²) in [5.74, 6) is 0.942. The number of aryl methyl sites for hydroxylation is 1. The van der Waals surface area contributed by atoms with Gasteiger partial charge in [-0.15, -0.1) is 0 Å². The summed E-state index contributed by atoms with van der Waals surface area (Å²) in [4.78, 5) is 0. The Bertz CT molecular complexity index is 348. The number of aliphatic hydroxyl groups excluding tert-OH is 1. The Morgan fingerprint density at radius 2 is 2.19 bits per heavy atom. The monoisotopic (exact) mass is 284 g/mol. The summed E-state index contributed by atoms with van der Waals surface area (Å²) in [6, 6.07) is 6.19. The summed E-state index contributed by atoms with van der Waals surface area (Å²) in [7, 11) is 0. The lowest BCUT2D eigenvalue weighted by Crippen LogP contribution is -2.24. The highest BCUT2D eigenvalue weighted by atomic mass is 79.9. The molecule has 1 aliphatic carbocycles. The van der Waals surface area contributed by atoms with Crippen molar-refractivity contribution in [2.75, 3.05) is 6.61 Å². The fraction of sp³-hybridized carbons (Fsp3) is 0.538. The van der Waals surface area contributed by atoms with E-state index >= 15 is 0 Å². The van der Waals surface area contributed by atoms with Crippen LogP contribution in [0.3, 0.4) is 0 Å². The summed E-state index contributed by atoms with van der Waals surface area (Å²) < 4.78 is 6.87. The Labute approximate surface area is 105 Å². The third-order valence-corrected chi connectivity index (χ3v) is 3.59. The number of halogens is 1. The zero-order valence-electron chi connectivity index (χ0n) is 9.29. The molecule has 0 aliphatic heterocycles. The first-order valence-corrected chi connectivity index (χ1v) is 6.65. The van der Waals surface area contributed by atoms with Crippen LogP contribution in [0.15, 0.2) is 22.7 Å². The summed E-state index contributed by atoms with van der Waals surface area (Å²) in [5, 5.41) is 8.77.